The van der Waals surface area contributed by atoms with Gasteiger partial charge in [0.2, 0.25) is 5.96 Å². The first-order valence-electron chi connectivity index (χ1n) is 5.39. The normalized spacial score (nSPS) is 13.1. The first-order valence-corrected chi connectivity index (χ1v) is 5.39. The largest absolute Gasteiger partial charge is 0.325 e. The van der Waals surface area contributed by atoms with Crippen LogP contribution in [0.15, 0.2) is 35.3 Å². The van der Waals surface area contributed by atoms with Crippen molar-refractivity contribution in [1.29, 1.82) is 0 Å². The monoisotopic (exact) mass is 246 g/mol. The number of guanidine groups is 1. The molecule has 0 spiro atoms. The molecule has 2 aromatic rings. The van der Waals surface area contributed by atoms with Gasteiger partial charge in [-0.05, 0) is 19.1 Å². The lowest BCUT2D eigenvalue weighted by molar-refractivity contribution is 0.736. The van der Waals surface area contributed by atoms with Crippen LogP contribution < -0.4 is 16.6 Å². The first-order chi connectivity index (χ1) is 8.79. The van der Waals surface area contributed by atoms with Crippen molar-refractivity contribution in [2.45, 2.75) is 13.0 Å². The van der Waals surface area contributed by atoms with E-state index in [2.05, 4.69) is 36.4 Å². The maximum atomic E-state index is 5.41. The molecule has 5 N–H and O–H groups in total. The molecule has 2 rings (SSSR count). The van der Waals surface area contributed by atoms with Gasteiger partial charge in [-0.25, -0.2) is 10.8 Å². The molecular formula is C10H14N8. The van der Waals surface area contributed by atoms with Gasteiger partial charge in [-0.3, -0.25) is 5.43 Å². The molecular weight excluding hydrogens is 232 g/mol. The van der Waals surface area contributed by atoms with Crippen molar-refractivity contribution < 1.29 is 0 Å². The Balaban J connectivity index is 2.09. The highest BCUT2D eigenvalue weighted by Gasteiger charge is 2.09. The van der Waals surface area contributed by atoms with Gasteiger partial charge in [0.25, 0.3) is 0 Å². The molecule has 1 aromatic heterocycles. The van der Waals surface area contributed by atoms with Crippen LogP contribution in [0.4, 0.5) is 5.69 Å². The summed E-state index contributed by atoms with van der Waals surface area (Å²) in [6.07, 6.45) is 0. The van der Waals surface area contributed by atoms with Gasteiger partial charge in [-0.1, -0.05) is 23.4 Å². The van der Waals surface area contributed by atoms with Crippen molar-refractivity contribution in [2.75, 3.05) is 5.32 Å². The predicted octanol–water partition coefficient (Wildman–Crippen LogP) is 0.192. The average Bonchev–Trinajstić information content (AvgIpc) is 2.93. The Morgan fingerprint density at radius 3 is 2.78 bits per heavy atom. The number of hydrazine groups is 1. The lowest BCUT2D eigenvalue weighted by atomic mass is 10.3. The van der Waals surface area contributed by atoms with E-state index in [1.807, 2.05) is 37.3 Å². The van der Waals surface area contributed by atoms with Crippen molar-refractivity contribution >= 4 is 11.6 Å². The highest BCUT2D eigenvalue weighted by Crippen LogP contribution is 2.10. The molecule has 8 heteroatoms. The number of H-pyrrole nitrogens is 1. The highest BCUT2D eigenvalue weighted by molar-refractivity contribution is 5.93. The molecule has 1 heterocycles. The molecule has 0 aliphatic carbocycles. The molecule has 8 nitrogen and oxygen atoms in total. The van der Waals surface area contributed by atoms with Crippen LogP contribution in [0.5, 0.6) is 0 Å². The number of hydrogen-bond donors (Lipinski definition) is 4. The average molecular weight is 246 g/mol. The number of aromatic nitrogens is 4. The van der Waals surface area contributed by atoms with Crippen molar-refractivity contribution in [2.24, 2.45) is 10.8 Å². The molecule has 1 unspecified atom stereocenters. The van der Waals surface area contributed by atoms with Gasteiger partial charge in [-0.2, -0.15) is 5.21 Å². The Bertz CT molecular complexity index is 492. The number of nitrogens with one attached hydrogen (secondary N) is 3. The summed E-state index contributed by atoms with van der Waals surface area (Å²) in [5.41, 5.74) is 3.38. The lowest BCUT2D eigenvalue weighted by Crippen LogP contribution is -2.36. The zero-order chi connectivity index (χ0) is 12.8. The van der Waals surface area contributed by atoms with E-state index in [4.69, 9.17) is 5.84 Å². The van der Waals surface area contributed by atoms with Crippen LogP contribution in [0.1, 0.15) is 18.8 Å². The van der Waals surface area contributed by atoms with Gasteiger partial charge in [0.05, 0.1) is 0 Å². The molecule has 0 fully saturated rings. The number of para-hydroxylation sites is 1. The highest BCUT2D eigenvalue weighted by atomic mass is 15.5. The van der Waals surface area contributed by atoms with Gasteiger partial charge < -0.3 is 5.32 Å². The first kappa shape index (κ1) is 12.0. The minimum Gasteiger partial charge on any atom is -0.325 e. The maximum Gasteiger partial charge on any atom is 0.210 e. The van der Waals surface area contributed by atoms with Gasteiger partial charge in [0.15, 0.2) is 5.82 Å². The number of anilines is 1. The van der Waals surface area contributed by atoms with Gasteiger partial charge >= 0.3 is 0 Å². The molecule has 1 aromatic carbocycles. The molecule has 0 amide bonds. The van der Waals surface area contributed by atoms with Gasteiger partial charge in [0.1, 0.15) is 6.04 Å². The van der Waals surface area contributed by atoms with Crippen LogP contribution in [0.25, 0.3) is 0 Å². The minimum atomic E-state index is -0.258. The summed E-state index contributed by atoms with van der Waals surface area (Å²) in [4.78, 5) is 4.32. The fourth-order valence-electron chi connectivity index (χ4n) is 1.36. The van der Waals surface area contributed by atoms with Crippen LogP contribution in [-0.2, 0) is 0 Å². The fourth-order valence-corrected chi connectivity index (χ4v) is 1.36. The minimum absolute atomic E-state index is 0.258. The second kappa shape index (κ2) is 5.73. The molecule has 18 heavy (non-hydrogen) atoms. The van der Waals surface area contributed by atoms with Gasteiger partial charge in [0, 0.05) is 5.69 Å². The standard InChI is InChI=1S/C10H14N8/c1-7(9-15-17-18-16-9)12-10(14-11)13-8-5-3-2-4-6-8/h2-7H,11H2,1H3,(H2,12,13,14)(H,15,16,17,18). The number of aliphatic imine (C=N–C) groups is 1. The van der Waals surface area contributed by atoms with Crippen LogP contribution >= 0.6 is 0 Å². The van der Waals surface area contributed by atoms with E-state index in [1.54, 1.807) is 0 Å². The van der Waals surface area contributed by atoms with E-state index in [0.717, 1.165) is 5.69 Å². The number of hydrogen-bond acceptors (Lipinski definition) is 5. The number of aromatic amines is 1. The van der Waals surface area contributed by atoms with E-state index in [-0.39, 0.29) is 6.04 Å². The summed E-state index contributed by atoms with van der Waals surface area (Å²) < 4.78 is 0. The molecule has 0 aliphatic heterocycles. The summed E-state index contributed by atoms with van der Waals surface area (Å²) in [7, 11) is 0. The van der Waals surface area contributed by atoms with Crippen molar-refractivity contribution in [3.8, 4) is 0 Å². The Morgan fingerprint density at radius 1 is 1.39 bits per heavy atom. The quantitative estimate of drug-likeness (QED) is 0.266. The molecule has 0 saturated heterocycles. The summed E-state index contributed by atoms with van der Waals surface area (Å²) >= 11 is 0. The fraction of sp³-hybridized carbons (Fsp3) is 0.200. The van der Waals surface area contributed by atoms with E-state index in [9.17, 15) is 0 Å². The van der Waals surface area contributed by atoms with Crippen molar-refractivity contribution in [1.82, 2.24) is 26.0 Å². The SMILES string of the molecule is CC(N=C(NN)Nc1ccccc1)c1nn[nH]n1. The number of nitrogens with zero attached hydrogens (tertiary/aromatic N) is 4. The van der Waals surface area contributed by atoms with Crippen molar-refractivity contribution in [3.05, 3.63) is 36.2 Å². The Kier molecular flexibility index (Phi) is 3.82. The molecule has 0 saturated carbocycles. The van der Waals surface area contributed by atoms with E-state index in [1.165, 1.54) is 0 Å². The third-order valence-electron chi connectivity index (χ3n) is 2.23. The van der Waals surface area contributed by atoms with Crippen LogP contribution in [0.2, 0.25) is 0 Å². The Hall–Kier alpha value is -2.48. The second-order valence-electron chi connectivity index (χ2n) is 3.56. The third-order valence-corrected chi connectivity index (χ3v) is 2.23. The Labute approximate surface area is 104 Å². The van der Waals surface area contributed by atoms with Crippen LogP contribution in [0.3, 0.4) is 0 Å². The molecule has 1 atom stereocenters. The van der Waals surface area contributed by atoms with Crippen LogP contribution in [-0.4, -0.2) is 26.6 Å². The number of nitrogens with two attached hydrogens (primary N) is 1. The van der Waals surface area contributed by atoms with Gasteiger partial charge in [-0.15, -0.1) is 10.2 Å². The summed E-state index contributed by atoms with van der Waals surface area (Å²) in [5.74, 6) is 6.34. The van der Waals surface area contributed by atoms with E-state index < -0.39 is 0 Å². The molecule has 0 radical (unpaired) electrons. The summed E-state index contributed by atoms with van der Waals surface area (Å²) in [6, 6.07) is 9.32. The topological polar surface area (TPSA) is 117 Å². The molecule has 94 valence electrons. The summed E-state index contributed by atoms with van der Waals surface area (Å²) in [5, 5.41) is 16.6. The molecule has 0 aliphatic rings. The number of benzene rings is 1. The number of rotatable bonds is 3. The zero-order valence-corrected chi connectivity index (χ0v) is 9.83. The van der Waals surface area contributed by atoms with Crippen molar-refractivity contribution in [3.63, 3.8) is 0 Å². The van der Waals surface area contributed by atoms with E-state index in [0.29, 0.717) is 11.8 Å². The third kappa shape index (κ3) is 3.01. The Morgan fingerprint density at radius 2 is 2.17 bits per heavy atom. The van der Waals surface area contributed by atoms with Crippen LogP contribution in [0, 0.1) is 0 Å². The second-order valence-corrected chi connectivity index (χ2v) is 3.56. The smallest absolute Gasteiger partial charge is 0.210 e. The predicted molar refractivity (Wildman–Crippen MR) is 67.4 cm³/mol. The van der Waals surface area contributed by atoms with E-state index >= 15 is 0 Å². The number of tetrazole rings is 1. The maximum absolute atomic E-state index is 5.41. The zero-order valence-electron chi connectivity index (χ0n) is 9.83. The molecule has 0 bridgehead atoms. The lowest BCUT2D eigenvalue weighted by Gasteiger charge is -2.10. The summed E-state index contributed by atoms with van der Waals surface area (Å²) in [6.45, 7) is 1.84.